The zero-order chi connectivity index (χ0) is 26.5. The molecule has 0 aliphatic carbocycles. The van der Waals surface area contributed by atoms with E-state index < -0.39 is 5.60 Å². The molecule has 0 spiro atoms. The quantitative estimate of drug-likeness (QED) is 0.308. The van der Waals surface area contributed by atoms with Crippen molar-refractivity contribution in [3.8, 4) is 11.1 Å². The van der Waals surface area contributed by atoms with E-state index in [9.17, 15) is 9.59 Å². The highest BCUT2D eigenvalue weighted by atomic mass is 16.6. The van der Waals surface area contributed by atoms with Gasteiger partial charge in [-0.15, -0.1) is 0 Å². The van der Waals surface area contributed by atoms with Gasteiger partial charge in [0.15, 0.2) is 5.69 Å². The molecule has 0 N–H and O–H groups in total. The van der Waals surface area contributed by atoms with Crippen molar-refractivity contribution in [1.82, 2.24) is 9.55 Å². The smallest absolute Gasteiger partial charge is 0.356 e. The van der Waals surface area contributed by atoms with Gasteiger partial charge in [-0.3, -0.25) is 0 Å². The van der Waals surface area contributed by atoms with E-state index in [0.717, 1.165) is 41.1 Å². The fourth-order valence-corrected chi connectivity index (χ4v) is 4.14. The third-order valence-corrected chi connectivity index (χ3v) is 5.71. The van der Waals surface area contributed by atoms with Gasteiger partial charge >= 0.3 is 11.9 Å². The monoisotopic (exact) mass is 490 g/mol. The molecule has 192 valence electrons. The Morgan fingerprint density at radius 2 is 1.64 bits per heavy atom. The Morgan fingerprint density at radius 1 is 0.972 bits per heavy atom. The van der Waals surface area contributed by atoms with E-state index in [-0.39, 0.29) is 17.9 Å². The molecule has 0 saturated carbocycles. The minimum atomic E-state index is -0.569. The molecule has 0 radical (unpaired) electrons. The number of aromatic nitrogens is 2. The molecule has 6 heteroatoms. The number of hydrogen-bond acceptors (Lipinski definition) is 5. The topological polar surface area (TPSA) is 70.4 Å². The minimum Gasteiger partial charge on any atom is -0.461 e. The maximum absolute atomic E-state index is 12.9. The number of aryl methyl sites for hydroxylation is 1. The third-order valence-electron chi connectivity index (χ3n) is 5.71. The molecule has 36 heavy (non-hydrogen) atoms. The maximum Gasteiger partial charge on any atom is 0.356 e. The predicted molar refractivity (Wildman–Crippen MR) is 142 cm³/mol. The zero-order valence-corrected chi connectivity index (χ0v) is 22.6. The molecule has 6 nitrogen and oxygen atoms in total. The fourth-order valence-electron chi connectivity index (χ4n) is 4.14. The summed E-state index contributed by atoms with van der Waals surface area (Å²) in [6, 6.07) is 15.5. The van der Waals surface area contributed by atoms with Crippen molar-refractivity contribution >= 4 is 11.9 Å². The van der Waals surface area contributed by atoms with Crippen LogP contribution in [0.2, 0.25) is 0 Å². The molecule has 0 atom stereocenters. The van der Waals surface area contributed by atoms with Crippen molar-refractivity contribution in [2.24, 2.45) is 0 Å². The van der Waals surface area contributed by atoms with E-state index in [1.54, 1.807) is 6.07 Å². The number of nitrogens with zero attached hydrogens (tertiary/aromatic N) is 2. The molecule has 0 saturated heterocycles. The molecule has 1 heterocycles. The summed E-state index contributed by atoms with van der Waals surface area (Å²) in [6.45, 7) is 14.4. The van der Waals surface area contributed by atoms with Crippen molar-refractivity contribution in [2.75, 3.05) is 6.61 Å². The van der Waals surface area contributed by atoms with Gasteiger partial charge in [-0.25, -0.2) is 14.6 Å². The van der Waals surface area contributed by atoms with Gasteiger partial charge in [-0.1, -0.05) is 63.2 Å². The summed E-state index contributed by atoms with van der Waals surface area (Å²) in [5.41, 5.74) is 4.06. The Labute approximate surface area is 214 Å². The zero-order valence-electron chi connectivity index (χ0n) is 22.6. The maximum atomic E-state index is 12.9. The first-order chi connectivity index (χ1) is 17.1. The highest BCUT2D eigenvalue weighted by Gasteiger charge is 2.26. The van der Waals surface area contributed by atoms with Crippen LogP contribution in [-0.4, -0.2) is 33.7 Å². The summed E-state index contributed by atoms with van der Waals surface area (Å²) >= 11 is 0. The van der Waals surface area contributed by atoms with Gasteiger partial charge in [0.1, 0.15) is 11.4 Å². The van der Waals surface area contributed by atoms with Crippen molar-refractivity contribution in [1.29, 1.82) is 0 Å². The van der Waals surface area contributed by atoms with Gasteiger partial charge in [0.05, 0.1) is 17.9 Å². The van der Waals surface area contributed by atoms with Gasteiger partial charge in [-0.2, -0.15) is 0 Å². The molecule has 0 aliphatic rings. The van der Waals surface area contributed by atoms with E-state index in [2.05, 4.69) is 6.92 Å². The standard InChI is InChI=1S/C30H38N2O4/c1-8-12-25-31-26(20(3)4)27(29(34)35-9-2)32(25)19-21-15-17-22(18-16-21)23-13-10-11-14-24(23)28(33)36-30(5,6)7/h10-11,13-18,20H,8-9,12,19H2,1-7H3. The molecular formula is C30H38N2O4. The lowest BCUT2D eigenvalue weighted by Gasteiger charge is -2.20. The molecular weight excluding hydrogens is 452 g/mol. The fraction of sp³-hybridized carbons (Fsp3) is 0.433. The van der Waals surface area contributed by atoms with Gasteiger partial charge in [0.25, 0.3) is 0 Å². The first-order valence-corrected chi connectivity index (χ1v) is 12.7. The van der Waals surface area contributed by atoms with E-state index in [4.69, 9.17) is 14.5 Å². The van der Waals surface area contributed by atoms with Crippen molar-refractivity contribution in [3.63, 3.8) is 0 Å². The second kappa shape index (κ2) is 11.5. The van der Waals surface area contributed by atoms with Gasteiger partial charge in [0.2, 0.25) is 0 Å². The third kappa shape index (κ3) is 6.42. The Kier molecular flexibility index (Phi) is 8.72. The van der Waals surface area contributed by atoms with Crippen molar-refractivity contribution in [2.45, 2.75) is 79.4 Å². The number of rotatable bonds is 9. The highest BCUT2D eigenvalue weighted by Crippen LogP contribution is 2.28. The molecule has 0 bridgehead atoms. The van der Waals surface area contributed by atoms with Crippen LogP contribution in [0, 0.1) is 0 Å². The number of benzene rings is 2. The van der Waals surface area contributed by atoms with Crippen LogP contribution in [-0.2, 0) is 22.4 Å². The van der Waals surface area contributed by atoms with Crippen molar-refractivity contribution < 1.29 is 19.1 Å². The first kappa shape index (κ1) is 27.2. The molecule has 0 unspecified atom stereocenters. The summed E-state index contributed by atoms with van der Waals surface area (Å²) in [4.78, 5) is 30.5. The number of carbonyl (C=O) groups is 2. The largest absolute Gasteiger partial charge is 0.461 e. The van der Waals surface area contributed by atoms with E-state index >= 15 is 0 Å². The lowest BCUT2D eigenvalue weighted by Crippen LogP contribution is -2.24. The van der Waals surface area contributed by atoms with Crippen LogP contribution in [0.15, 0.2) is 48.5 Å². The lowest BCUT2D eigenvalue weighted by atomic mass is 9.98. The van der Waals surface area contributed by atoms with Crippen LogP contribution in [0.5, 0.6) is 0 Å². The number of imidazole rings is 1. The van der Waals surface area contributed by atoms with E-state index in [0.29, 0.717) is 24.4 Å². The average Bonchev–Trinajstić information content (AvgIpc) is 3.17. The second-order valence-electron chi connectivity index (χ2n) is 10.2. The number of carbonyl (C=O) groups excluding carboxylic acids is 2. The molecule has 0 amide bonds. The van der Waals surface area contributed by atoms with Gasteiger partial charge in [0, 0.05) is 13.0 Å². The van der Waals surface area contributed by atoms with E-state index in [1.165, 1.54) is 0 Å². The normalized spacial score (nSPS) is 11.6. The second-order valence-corrected chi connectivity index (χ2v) is 10.2. The molecule has 1 aromatic heterocycles. The average molecular weight is 491 g/mol. The van der Waals surface area contributed by atoms with Gasteiger partial charge in [-0.05, 0) is 62.8 Å². The van der Waals surface area contributed by atoms with Crippen LogP contribution >= 0.6 is 0 Å². The minimum absolute atomic E-state index is 0.105. The number of ether oxygens (including phenoxy) is 2. The molecule has 2 aromatic carbocycles. The molecule has 0 fully saturated rings. The number of esters is 2. The summed E-state index contributed by atoms with van der Waals surface area (Å²) in [6.07, 6.45) is 1.71. The Morgan fingerprint density at radius 3 is 2.22 bits per heavy atom. The van der Waals surface area contributed by atoms with Crippen LogP contribution in [0.25, 0.3) is 11.1 Å². The van der Waals surface area contributed by atoms with Crippen LogP contribution in [0.3, 0.4) is 0 Å². The van der Waals surface area contributed by atoms with Crippen LogP contribution < -0.4 is 0 Å². The van der Waals surface area contributed by atoms with Crippen LogP contribution in [0.4, 0.5) is 0 Å². The molecule has 0 aliphatic heterocycles. The molecule has 3 rings (SSSR count). The SMILES string of the molecule is CCCc1nc(C(C)C)c(C(=O)OCC)n1Cc1ccc(-c2ccccc2C(=O)OC(C)(C)C)cc1. The van der Waals surface area contributed by atoms with Crippen LogP contribution in [0.1, 0.15) is 98.7 Å². The predicted octanol–water partition coefficient (Wildman–Crippen LogP) is 6.81. The lowest BCUT2D eigenvalue weighted by molar-refractivity contribution is 0.00702. The van der Waals surface area contributed by atoms with Crippen molar-refractivity contribution in [3.05, 3.63) is 76.9 Å². The number of hydrogen-bond donors (Lipinski definition) is 0. The summed E-state index contributed by atoms with van der Waals surface area (Å²) in [5, 5.41) is 0. The molecule has 3 aromatic rings. The Bertz CT molecular complexity index is 1200. The van der Waals surface area contributed by atoms with Gasteiger partial charge < -0.3 is 14.0 Å². The summed E-state index contributed by atoms with van der Waals surface area (Å²) in [5.74, 6) is 0.320. The first-order valence-electron chi connectivity index (χ1n) is 12.7. The van der Waals surface area contributed by atoms with E-state index in [1.807, 2.05) is 88.6 Å². The Hall–Kier alpha value is -3.41. The summed E-state index contributed by atoms with van der Waals surface area (Å²) < 4.78 is 13.0. The Balaban J connectivity index is 1.96. The summed E-state index contributed by atoms with van der Waals surface area (Å²) in [7, 11) is 0. The highest BCUT2D eigenvalue weighted by molar-refractivity contribution is 5.97.